The molecule has 29 heavy (non-hydrogen) atoms. The zero-order valence-electron chi connectivity index (χ0n) is 17.0. The van der Waals surface area contributed by atoms with Crippen LogP contribution in [0.1, 0.15) is 15.9 Å². The van der Waals surface area contributed by atoms with Crippen LogP contribution in [0, 0.1) is 6.92 Å². The number of amides is 1. The first kappa shape index (κ1) is 19.1. The second kappa shape index (κ2) is 8.00. The maximum absolute atomic E-state index is 12.7. The number of hydrogen-bond acceptors (Lipinski definition) is 6. The quantitative estimate of drug-likeness (QED) is 0.735. The van der Waals surface area contributed by atoms with Crippen molar-refractivity contribution in [3.8, 4) is 11.3 Å². The Hall–Kier alpha value is -3.26. The zero-order valence-corrected chi connectivity index (χ0v) is 17.0. The summed E-state index contributed by atoms with van der Waals surface area (Å²) in [5, 5.41) is 7.31. The maximum Gasteiger partial charge on any atom is 0.253 e. The van der Waals surface area contributed by atoms with E-state index in [4.69, 9.17) is 0 Å². The third-order valence-corrected chi connectivity index (χ3v) is 5.13. The molecule has 0 bridgehead atoms. The van der Waals surface area contributed by atoms with E-state index in [9.17, 15) is 4.79 Å². The molecule has 1 amide bonds. The highest BCUT2D eigenvalue weighted by Crippen LogP contribution is 2.24. The number of nitrogens with one attached hydrogen (secondary N) is 1. The molecule has 0 aliphatic carbocycles. The molecule has 3 aromatic rings. The monoisotopic (exact) mass is 391 g/mol. The summed E-state index contributed by atoms with van der Waals surface area (Å²) in [7, 11) is 3.94. The summed E-state index contributed by atoms with van der Waals surface area (Å²) in [4.78, 5) is 25.9. The summed E-state index contributed by atoms with van der Waals surface area (Å²) in [6.45, 7) is 5.34. The van der Waals surface area contributed by atoms with Crippen LogP contribution in [-0.2, 0) is 7.05 Å². The number of hydrogen-bond donors (Lipinski definition) is 1. The molecule has 8 heteroatoms. The van der Waals surface area contributed by atoms with E-state index in [1.54, 1.807) is 17.1 Å². The Morgan fingerprint density at radius 1 is 1.03 bits per heavy atom. The molecule has 0 spiro atoms. The molecule has 1 aromatic carbocycles. The normalized spacial score (nSPS) is 14.8. The molecule has 0 unspecified atom stereocenters. The molecule has 1 aliphatic rings. The van der Waals surface area contributed by atoms with Gasteiger partial charge in [-0.3, -0.25) is 9.48 Å². The van der Waals surface area contributed by atoms with Crippen molar-refractivity contribution in [1.29, 1.82) is 0 Å². The van der Waals surface area contributed by atoms with Gasteiger partial charge in [0.2, 0.25) is 5.95 Å². The number of rotatable bonds is 4. The largest absolute Gasteiger partial charge is 0.336 e. The summed E-state index contributed by atoms with van der Waals surface area (Å²) in [5.41, 5.74) is 4.30. The minimum absolute atomic E-state index is 0.0861. The number of carbonyl (C=O) groups excluding carboxylic acids is 1. The van der Waals surface area contributed by atoms with Crippen LogP contribution >= 0.6 is 0 Å². The van der Waals surface area contributed by atoms with E-state index in [1.807, 2.05) is 49.3 Å². The Morgan fingerprint density at radius 3 is 2.41 bits per heavy atom. The highest BCUT2D eigenvalue weighted by atomic mass is 16.2. The van der Waals surface area contributed by atoms with Crippen molar-refractivity contribution in [2.45, 2.75) is 6.92 Å². The first-order chi connectivity index (χ1) is 14.0. The molecule has 1 fully saturated rings. The third-order valence-electron chi connectivity index (χ3n) is 5.13. The van der Waals surface area contributed by atoms with Crippen molar-refractivity contribution in [2.24, 2.45) is 7.05 Å². The van der Waals surface area contributed by atoms with Gasteiger partial charge in [0.15, 0.2) is 0 Å². The second-order valence-corrected chi connectivity index (χ2v) is 7.43. The van der Waals surface area contributed by atoms with Crippen LogP contribution in [0.3, 0.4) is 0 Å². The van der Waals surface area contributed by atoms with Crippen molar-refractivity contribution < 1.29 is 4.79 Å². The lowest BCUT2D eigenvalue weighted by Crippen LogP contribution is -2.47. The van der Waals surface area contributed by atoms with Gasteiger partial charge in [-0.2, -0.15) is 5.10 Å². The first-order valence-electron chi connectivity index (χ1n) is 9.67. The number of anilines is 2. The van der Waals surface area contributed by atoms with Gasteiger partial charge < -0.3 is 15.1 Å². The van der Waals surface area contributed by atoms with Crippen LogP contribution in [0.15, 0.2) is 42.9 Å². The minimum atomic E-state index is 0.0861. The second-order valence-electron chi connectivity index (χ2n) is 7.43. The minimum Gasteiger partial charge on any atom is -0.336 e. The third kappa shape index (κ3) is 4.27. The van der Waals surface area contributed by atoms with Gasteiger partial charge in [-0.1, -0.05) is 12.1 Å². The highest BCUT2D eigenvalue weighted by molar-refractivity contribution is 5.94. The fourth-order valence-corrected chi connectivity index (χ4v) is 3.37. The van der Waals surface area contributed by atoms with E-state index < -0.39 is 0 Å². The molecule has 1 aliphatic heterocycles. The molecule has 1 saturated heterocycles. The van der Waals surface area contributed by atoms with Gasteiger partial charge in [0.05, 0.1) is 17.6 Å². The Labute approximate surface area is 170 Å². The molecule has 1 N–H and O–H groups in total. The Morgan fingerprint density at radius 2 is 1.76 bits per heavy atom. The van der Waals surface area contributed by atoms with Gasteiger partial charge in [-0.05, 0) is 31.7 Å². The van der Waals surface area contributed by atoms with Crippen LogP contribution in [0.25, 0.3) is 11.3 Å². The standard InChI is InChI=1S/C21H25N7O/c1-15-12-22-21(24-18-13-23-27(3)14-18)25-19(15)16-4-6-17(7-5-16)20(29)28-10-8-26(2)9-11-28/h4-7,12-14H,8-11H2,1-3H3,(H,22,24,25). The average molecular weight is 391 g/mol. The number of likely N-dealkylation sites (N-methyl/N-ethyl adjacent to an activating group) is 1. The van der Waals surface area contributed by atoms with Gasteiger partial charge in [0.25, 0.3) is 5.91 Å². The van der Waals surface area contributed by atoms with Gasteiger partial charge in [-0.15, -0.1) is 0 Å². The molecule has 0 radical (unpaired) electrons. The Balaban J connectivity index is 1.52. The summed E-state index contributed by atoms with van der Waals surface area (Å²) < 4.78 is 1.72. The number of benzene rings is 1. The van der Waals surface area contributed by atoms with Crippen LogP contribution < -0.4 is 5.32 Å². The predicted molar refractivity (Wildman–Crippen MR) is 112 cm³/mol. The molecular weight excluding hydrogens is 366 g/mol. The lowest BCUT2D eigenvalue weighted by Gasteiger charge is -2.32. The van der Waals surface area contributed by atoms with Crippen molar-refractivity contribution in [2.75, 3.05) is 38.5 Å². The summed E-state index contributed by atoms with van der Waals surface area (Å²) in [6.07, 6.45) is 5.38. The highest BCUT2D eigenvalue weighted by Gasteiger charge is 2.20. The van der Waals surface area contributed by atoms with Gasteiger partial charge in [0.1, 0.15) is 0 Å². The van der Waals surface area contributed by atoms with E-state index in [0.29, 0.717) is 11.5 Å². The maximum atomic E-state index is 12.7. The van der Waals surface area contributed by atoms with Crippen LogP contribution in [-0.4, -0.2) is 68.7 Å². The number of carbonyl (C=O) groups is 1. The fourth-order valence-electron chi connectivity index (χ4n) is 3.37. The molecular formula is C21H25N7O. The van der Waals surface area contributed by atoms with Crippen molar-refractivity contribution >= 4 is 17.5 Å². The Kier molecular flexibility index (Phi) is 5.26. The summed E-state index contributed by atoms with van der Waals surface area (Å²) in [6, 6.07) is 7.66. The summed E-state index contributed by atoms with van der Waals surface area (Å²) in [5.74, 6) is 0.596. The van der Waals surface area contributed by atoms with E-state index >= 15 is 0 Å². The number of aromatic nitrogens is 4. The number of nitrogens with zero attached hydrogens (tertiary/aromatic N) is 6. The molecule has 4 rings (SSSR count). The molecule has 2 aromatic heterocycles. The van der Waals surface area contributed by atoms with Crippen molar-refractivity contribution in [3.05, 3.63) is 54.0 Å². The lowest BCUT2D eigenvalue weighted by molar-refractivity contribution is 0.0664. The van der Waals surface area contributed by atoms with E-state index in [1.165, 1.54) is 0 Å². The zero-order chi connectivity index (χ0) is 20.4. The molecule has 3 heterocycles. The summed E-state index contributed by atoms with van der Waals surface area (Å²) >= 11 is 0. The first-order valence-corrected chi connectivity index (χ1v) is 9.67. The van der Waals surface area contributed by atoms with E-state index in [-0.39, 0.29) is 5.91 Å². The topological polar surface area (TPSA) is 79.2 Å². The van der Waals surface area contributed by atoms with Gasteiger partial charge in [0, 0.05) is 56.7 Å². The average Bonchev–Trinajstić information content (AvgIpc) is 3.14. The smallest absolute Gasteiger partial charge is 0.253 e. The van der Waals surface area contributed by atoms with E-state index in [0.717, 1.165) is 48.7 Å². The van der Waals surface area contributed by atoms with Crippen molar-refractivity contribution in [1.82, 2.24) is 29.5 Å². The molecule has 8 nitrogen and oxygen atoms in total. The SMILES string of the molecule is Cc1cnc(Nc2cnn(C)c2)nc1-c1ccc(C(=O)N2CCN(C)CC2)cc1. The fraction of sp³-hybridized carbons (Fsp3) is 0.333. The van der Waals surface area contributed by atoms with Crippen LogP contribution in [0.2, 0.25) is 0 Å². The van der Waals surface area contributed by atoms with Crippen molar-refractivity contribution in [3.63, 3.8) is 0 Å². The van der Waals surface area contributed by atoms with E-state index in [2.05, 4.69) is 32.3 Å². The lowest BCUT2D eigenvalue weighted by atomic mass is 10.1. The van der Waals surface area contributed by atoms with Gasteiger partial charge in [-0.25, -0.2) is 9.97 Å². The Bertz CT molecular complexity index is 1000. The van der Waals surface area contributed by atoms with Crippen LogP contribution in [0.5, 0.6) is 0 Å². The predicted octanol–water partition coefficient (Wildman–Crippen LogP) is 2.32. The number of aryl methyl sites for hydroxylation is 2. The number of piperazine rings is 1. The molecule has 0 atom stereocenters. The van der Waals surface area contributed by atoms with Gasteiger partial charge >= 0.3 is 0 Å². The molecule has 0 saturated carbocycles. The molecule has 150 valence electrons. The van der Waals surface area contributed by atoms with Crippen LogP contribution in [0.4, 0.5) is 11.6 Å².